The number of rotatable bonds is 6. The molecule has 1 aromatic carbocycles. The Balaban J connectivity index is 0.000000771. The number of carbonyl (C=O) groups excluding carboxylic acids is 1. The predicted molar refractivity (Wildman–Crippen MR) is 77.1 cm³/mol. The number of benzene rings is 1. The standard InChI is InChI=1S/C14H22N2.CH2O/c1-15-10-6-2-3-8-13-11-12-7-4-5-9-14(12)16-13;1-2/h4-5,7,9,13,15-16H,2-3,6,8,10-11H2,1H3;1H2. The molecule has 0 radical (unpaired) electrons. The third-order valence-corrected chi connectivity index (χ3v) is 3.32. The molecule has 0 saturated carbocycles. The van der Waals surface area contributed by atoms with Crippen LogP contribution in [0.15, 0.2) is 24.3 Å². The van der Waals surface area contributed by atoms with E-state index in [-0.39, 0.29) is 0 Å². The zero-order chi connectivity index (χ0) is 13.2. The molecule has 1 atom stereocenters. The highest BCUT2D eigenvalue weighted by atomic mass is 16.1. The molecule has 2 rings (SSSR count). The Labute approximate surface area is 110 Å². The normalized spacial score (nSPS) is 16.4. The van der Waals surface area contributed by atoms with Crippen molar-refractivity contribution >= 4 is 12.5 Å². The van der Waals surface area contributed by atoms with E-state index in [0.29, 0.717) is 6.04 Å². The quantitative estimate of drug-likeness (QED) is 0.760. The van der Waals surface area contributed by atoms with Gasteiger partial charge in [0, 0.05) is 11.7 Å². The number of unbranched alkanes of at least 4 members (excludes halogenated alkanes) is 2. The molecule has 2 N–H and O–H groups in total. The molecule has 0 aromatic heterocycles. The average molecular weight is 248 g/mol. The lowest BCUT2D eigenvalue weighted by Crippen LogP contribution is -2.15. The largest absolute Gasteiger partial charge is 0.382 e. The predicted octanol–water partition coefficient (Wildman–Crippen LogP) is 2.62. The van der Waals surface area contributed by atoms with Gasteiger partial charge in [-0.25, -0.2) is 0 Å². The van der Waals surface area contributed by atoms with Crippen LogP contribution in [0.4, 0.5) is 5.69 Å². The maximum atomic E-state index is 8.00. The maximum absolute atomic E-state index is 8.00. The van der Waals surface area contributed by atoms with Crippen LogP contribution < -0.4 is 10.6 Å². The molecule has 0 amide bonds. The summed E-state index contributed by atoms with van der Waals surface area (Å²) in [7, 11) is 2.02. The summed E-state index contributed by atoms with van der Waals surface area (Å²) < 4.78 is 0. The van der Waals surface area contributed by atoms with Crippen molar-refractivity contribution in [2.75, 3.05) is 18.9 Å². The zero-order valence-corrected chi connectivity index (χ0v) is 11.2. The van der Waals surface area contributed by atoms with Crippen LogP contribution in [0, 0.1) is 0 Å². The second kappa shape index (κ2) is 8.70. The van der Waals surface area contributed by atoms with Crippen molar-refractivity contribution in [1.29, 1.82) is 0 Å². The van der Waals surface area contributed by atoms with Crippen molar-refractivity contribution in [2.24, 2.45) is 0 Å². The molecule has 0 aliphatic carbocycles. The first-order valence-electron chi connectivity index (χ1n) is 6.68. The van der Waals surface area contributed by atoms with Gasteiger partial charge in [0.05, 0.1) is 0 Å². The van der Waals surface area contributed by atoms with Crippen LogP contribution in [0.1, 0.15) is 31.2 Å². The molecule has 0 spiro atoms. The molecule has 0 saturated heterocycles. The fourth-order valence-corrected chi connectivity index (χ4v) is 2.42. The lowest BCUT2D eigenvalue weighted by molar-refractivity contribution is -0.0979. The summed E-state index contributed by atoms with van der Waals surface area (Å²) in [6.45, 7) is 3.15. The highest BCUT2D eigenvalue weighted by molar-refractivity contribution is 5.56. The van der Waals surface area contributed by atoms with Gasteiger partial charge in [-0.15, -0.1) is 0 Å². The molecular formula is C15H24N2O. The fourth-order valence-electron chi connectivity index (χ4n) is 2.42. The van der Waals surface area contributed by atoms with Gasteiger partial charge in [0.15, 0.2) is 0 Å². The minimum absolute atomic E-state index is 0.673. The summed E-state index contributed by atoms with van der Waals surface area (Å²) in [5.41, 5.74) is 2.84. The van der Waals surface area contributed by atoms with Gasteiger partial charge in [-0.2, -0.15) is 0 Å². The average Bonchev–Trinajstić information content (AvgIpc) is 2.83. The number of hydrogen-bond acceptors (Lipinski definition) is 3. The molecule has 1 aliphatic rings. The number of nitrogens with one attached hydrogen (secondary N) is 2. The SMILES string of the molecule is C=O.CNCCCCCC1Cc2ccccc2N1. The van der Waals surface area contributed by atoms with E-state index in [4.69, 9.17) is 4.79 Å². The van der Waals surface area contributed by atoms with E-state index < -0.39 is 0 Å². The molecular weight excluding hydrogens is 224 g/mol. The van der Waals surface area contributed by atoms with Crippen molar-refractivity contribution in [3.8, 4) is 0 Å². The number of fused-ring (bicyclic) bond motifs is 1. The van der Waals surface area contributed by atoms with Crippen LogP contribution in [0.3, 0.4) is 0 Å². The Hall–Kier alpha value is -1.35. The van der Waals surface area contributed by atoms with E-state index in [1.165, 1.54) is 43.4 Å². The zero-order valence-electron chi connectivity index (χ0n) is 11.2. The van der Waals surface area contributed by atoms with Gasteiger partial charge in [0.1, 0.15) is 6.79 Å². The van der Waals surface area contributed by atoms with Crippen LogP contribution >= 0.6 is 0 Å². The molecule has 18 heavy (non-hydrogen) atoms. The van der Waals surface area contributed by atoms with E-state index in [9.17, 15) is 0 Å². The summed E-state index contributed by atoms with van der Waals surface area (Å²) in [5, 5.41) is 6.80. The Morgan fingerprint density at radius 2 is 2.06 bits per heavy atom. The number of anilines is 1. The minimum Gasteiger partial charge on any atom is -0.382 e. The van der Waals surface area contributed by atoms with E-state index in [0.717, 1.165) is 6.54 Å². The van der Waals surface area contributed by atoms with Gasteiger partial charge < -0.3 is 15.4 Å². The van der Waals surface area contributed by atoms with Crippen LogP contribution in [0.2, 0.25) is 0 Å². The van der Waals surface area contributed by atoms with Gasteiger partial charge >= 0.3 is 0 Å². The summed E-state index contributed by atoms with van der Waals surface area (Å²) in [6.07, 6.45) is 6.50. The molecule has 1 aliphatic heterocycles. The van der Waals surface area contributed by atoms with E-state index in [1.54, 1.807) is 0 Å². The van der Waals surface area contributed by atoms with Crippen LogP contribution in [-0.2, 0) is 11.2 Å². The summed E-state index contributed by atoms with van der Waals surface area (Å²) in [4.78, 5) is 8.00. The highest BCUT2D eigenvalue weighted by Crippen LogP contribution is 2.27. The van der Waals surface area contributed by atoms with Crippen molar-refractivity contribution < 1.29 is 4.79 Å². The Kier molecular flexibility index (Phi) is 7.11. The Morgan fingerprint density at radius 3 is 2.78 bits per heavy atom. The van der Waals surface area contributed by atoms with Crippen LogP contribution in [0.5, 0.6) is 0 Å². The molecule has 1 unspecified atom stereocenters. The molecule has 3 heteroatoms. The first kappa shape index (κ1) is 14.7. The number of carbonyl (C=O) groups is 1. The van der Waals surface area contributed by atoms with Gasteiger partial charge in [-0.1, -0.05) is 31.0 Å². The fraction of sp³-hybridized carbons (Fsp3) is 0.533. The monoisotopic (exact) mass is 248 g/mol. The molecule has 0 fully saturated rings. The van der Waals surface area contributed by atoms with Gasteiger partial charge in [0.25, 0.3) is 0 Å². The van der Waals surface area contributed by atoms with Gasteiger partial charge in [0.2, 0.25) is 0 Å². The third kappa shape index (κ3) is 4.49. The number of para-hydroxylation sites is 1. The summed E-state index contributed by atoms with van der Waals surface area (Å²) >= 11 is 0. The lowest BCUT2D eigenvalue weighted by atomic mass is 10.0. The molecule has 0 bridgehead atoms. The third-order valence-electron chi connectivity index (χ3n) is 3.32. The van der Waals surface area contributed by atoms with Crippen molar-refractivity contribution in [2.45, 2.75) is 38.1 Å². The second-order valence-electron chi connectivity index (χ2n) is 4.66. The van der Waals surface area contributed by atoms with Crippen molar-refractivity contribution in [3.63, 3.8) is 0 Å². The Morgan fingerprint density at radius 1 is 1.28 bits per heavy atom. The number of hydrogen-bond donors (Lipinski definition) is 2. The molecule has 1 aromatic rings. The smallest absolute Gasteiger partial charge is 0.106 e. The summed E-state index contributed by atoms with van der Waals surface area (Å²) in [5.74, 6) is 0. The van der Waals surface area contributed by atoms with E-state index in [1.807, 2.05) is 13.8 Å². The first-order chi connectivity index (χ1) is 8.90. The lowest BCUT2D eigenvalue weighted by Gasteiger charge is -2.10. The second-order valence-corrected chi connectivity index (χ2v) is 4.66. The van der Waals surface area contributed by atoms with Crippen LogP contribution in [-0.4, -0.2) is 26.4 Å². The molecule has 1 heterocycles. The Bertz CT molecular complexity index is 316. The molecule has 100 valence electrons. The maximum Gasteiger partial charge on any atom is 0.106 e. The van der Waals surface area contributed by atoms with Crippen molar-refractivity contribution in [3.05, 3.63) is 29.8 Å². The van der Waals surface area contributed by atoms with Gasteiger partial charge in [-0.05, 0) is 44.5 Å². The van der Waals surface area contributed by atoms with Crippen molar-refractivity contribution in [1.82, 2.24) is 5.32 Å². The van der Waals surface area contributed by atoms with Gasteiger partial charge in [-0.3, -0.25) is 0 Å². The van der Waals surface area contributed by atoms with E-state index >= 15 is 0 Å². The summed E-state index contributed by atoms with van der Waals surface area (Å²) in [6, 6.07) is 9.35. The van der Waals surface area contributed by atoms with E-state index in [2.05, 4.69) is 34.9 Å². The minimum atomic E-state index is 0.673. The highest BCUT2D eigenvalue weighted by Gasteiger charge is 2.18. The topological polar surface area (TPSA) is 41.1 Å². The first-order valence-corrected chi connectivity index (χ1v) is 6.68. The van der Waals surface area contributed by atoms with Crippen LogP contribution in [0.25, 0.3) is 0 Å². The molecule has 3 nitrogen and oxygen atoms in total.